The van der Waals surface area contributed by atoms with E-state index in [1.807, 2.05) is 48.6 Å². The van der Waals surface area contributed by atoms with Crippen LogP contribution >= 0.6 is 11.6 Å². The molecular formula is C56H51ClN3O6+. The van der Waals surface area contributed by atoms with Crippen molar-refractivity contribution in [2.24, 2.45) is 5.92 Å². The highest BCUT2D eigenvalue weighted by atomic mass is 35.5. The second-order valence-electron chi connectivity index (χ2n) is 17.5. The number of hydrogen-bond donors (Lipinski definition) is 1. The van der Waals surface area contributed by atoms with Crippen LogP contribution in [0.4, 0.5) is 17.1 Å². The maximum atomic E-state index is 12.7. The number of hydrogen-bond acceptors (Lipinski definition) is 6. The molecule has 9 nitrogen and oxygen atoms in total. The fourth-order valence-electron chi connectivity index (χ4n) is 11.3. The van der Waals surface area contributed by atoms with E-state index >= 15 is 0 Å². The summed E-state index contributed by atoms with van der Waals surface area (Å²) in [4.78, 5) is 38.2. The van der Waals surface area contributed by atoms with Crippen molar-refractivity contribution in [2.75, 3.05) is 24.6 Å². The Labute approximate surface area is 389 Å². The first-order valence-electron chi connectivity index (χ1n) is 22.6. The van der Waals surface area contributed by atoms with Gasteiger partial charge < -0.3 is 14.7 Å². The summed E-state index contributed by atoms with van der Waals surface area (Å²) in [6.07, 6.45) is 20.3. The molecule has 0 fully saturated rings. The molecule has 1 N–H and O–H groups in total. The summed E-state index contributed by atoms with van der Waals surface area (Å²) in [6, 6.07) is 36.9. The number of ether oxygens (including phenoxy) is 1. The topological polar surface area (TPSA) is 113 Å². The monoisotopic (exact) mass is 896 g/mol. The van der Waals surface area contributed by atoms with Gasteiger partial charge in [0.05, 0.1) is 33.5 Å². The van der Waals surface area contributed by atoms with Crippen LogP contribution in [-0.4, -0.2) is 52.5 Å². The Morgan fingerprint density at radius 3 is 2.35 bits per heavy atom. The lowest BCUT2D eigenvalue weighted by Crippen LogP contribution is -2.37. The first-order valence-corrected chi connectivity index (χ1v) is 23.0. The third-order valence-electron chi connectivity index (χ3n) is 14.0. The van der Waals surface area contributed by atoms with Crippen LogP contribution in [0.15, 0.2) is 169 Å². The van der Waals surface area contributed by atoms with E-state index in [9.17, 15) is 24.8 Å². The summed E-state index contributed by atoms with van der Waals surface area (Å²) >= 11 is 6.48. The van der Waals surface area contributed by atoms with Crippen molar-refractivity contribution in [3.05, 3.63) is 196 Å². The van der Waals surface area contributed by atoms with Gasteiger partial charge >= 0.3 is 5.97 Å². The van der Waals surface area contributed by atoms with Crippen molar-refractivity contribution in [3.63, 3.8) is 0 Å². The summed E-state index contributed by atoms with van der Waals surface area (Å²) in [6.45, 7) is 3.18. The Balaban J connectivity index is 1.25. The van der Waals surface area contributed by atoms with Crippen molar-refractivity contribution in [1.29, 1.82) is 0 Å². The Morgan fingerprint density at radius 2 is 1.62 bits per heavy atom. The summed E-state index contributed by atoms with van der Waals surface area (Å²) in [5.41, 5.74) is 6.68. The summed E-state index contributed by atoms with van der Waals surface area (Å²) < 4.78 is 7.43. The van der Waals surface area contributed by atoms with Gasteiger partial charge in [0.1, 0.15) is 13.0 Å². The fourth-order valence-corrected chi connectivity index (χ4v) is 11.3. The number of carboxylic acid groups (broad SMARTS) is 1. The number of nitro benzene ring substituents is 1. The van der Waals surface area contributed by atoms with E-state index in [4.69, 9.17) is 16.3 Å². The predicted octanol–water partition coefficient (Wildman–Crippen LogP) is 12.6. The van der Waals surface area contributed by atoms with Crippen LogP contribution in [0.3, 0.4) is 0 Å². The summed E-state index contributed by atoms with van der Waals surface area (Å²) in [5.74, 6) is -0.900. The molecule has 0 radical (unpaired) electrons. The first kappa shape index (κ1) is 44.1. The molecule has 0 bridgehead atoms. The van der Waals surface area contributed by atoms with E-state index in [-0.39, 0.29) is 36.1 Å². The molecule has 0 spiro atoms. The van der Waals surface area contributed by atoms with Gasteiger partial charge in [-0.2, -0.15) is 4.58 Å². The SMILES string of the molecule is CC1(C2C=CCCC2)C(=CC=CC=CC2=[N+](CCC(=O)O)c3c(c4ccccc4c4ccccc34)C2(CC=CCl)Cc2cccc3ccccc23)N(CCOC=O)c2cccc([N+](=O)[O-])c21. The molecule has 0 saturated heterocycles. The van der Waals surface area contributed by atoms with Crippen LogP contribution in [0.2, 0.25) is 0 Å². The van der Waals surface area contributed by atoms with Crippen LogP contribution in [0.1, 0.15) is 55.7 Å². The van der Waals surface area contributed by atoms with Crippen molar-refractivity contribution >= 4 is 79.1 Å². The zero-order chi connectivity index (χ0) is 45.8. The van der Waals surface area contributed by atoms with Gasteiger partial charge in [0.2, 0.25) is 5.69 Å². The number of carbonyl (C=O) groups is 2. The molecule has 66 heavy (non-hydrogen) atoms. The maximum absolute atomic E-state index is 12.7. The third kappa shape index (κ3) is 7.71. The molecule has 0 saturated carbocycles. The van der Waals surface area contributed by atoms with Gasteiger partial charge in [0.15, 0.2) is 12.3 Å². The number of nitro groups is 1. The van der Waals surface area contributed by atoms with E-state index in [1.165, 1.54) is 0 Å². The van der Waals surface area contributed by atoms with Crippen LogP contribution in [0.5, 0.6) is 0 Å². The lowest BCUT2D eigenvalue weighted by atomic mass is 9.67. The number of halogens is 1. The molecule has 10 heteroatoms. The fraction of sp³-hybridized carbons (Fsp3) is 0.232. The normalized spacial score (nSPS) is 21.0. The maximum Gasteiger partial charge on any atom is 0.309 e. The molecule has 3 atom stereocenters. The number of carboxylic acids is 1. The molecular weight excluding hydrogens is 846 g/mol. The first-order chi connectivity index (χ1) is 32.2. The highest BCUT2D eigenvalue weighted by molar-refractivity contribution is 6.25. The van der Waals surface area contributed by atoms with Gasteiger partial charge in [-0.25, -0.2) is 0 Å². The average Bonchev–Trinajstić information content (AvgIpc) is 3.75. The van der Waals surface area contributed by atoms with Gasteiger partial charge in [-0.05, 0) is 95.6 Å². The van der Waals surface area contributed by atoms with Gasteiger partial charge in [-0.1, -0.05) is 139 Å². The minimum Gasteiger partial charge on any atom is -0.481 e. The summed E-state index contributed by atoms with van der Waals surface area (Å²) in [5, 5.41) is 29.5. The zero-order valence-corrected chi connectivity index (χ0v) is 37.6. The Kier molecular flexibility index (Phi) is 12.6. The standard InChI is InChI=1S/C56H50ClN3O6/c1-55(41-20-4-2-5-21-41)49(58(35-36-66-38-61)47-27-15-28-48(53(47)55)60(64)65)29-6-3-7-30-50-56(32-16-33-57,37-40-19-14-18-39-17-8-9-22-42(39)40)52-45-25-12-10-23-43(45)44-24-11-13-26-46(44)54(52)59(50)34-31-51(62)63/h3-4,6-20,22-30,33,38,41H,2,5,21,31-32,34-37H2,1H3/p+1. The molecule has 0 aromatic heterocycles. The van der Waals surface area contributed by atoms with Crippen molar-refractivity contribution in [1.82, 2.24) is 0 Å². The van der Waals surface area contributed by atoms with Gasteiger partial charge in [0.25, 0.3) is 12.2 Å². The minimum absolute atomic E-state index is 0.0112. The number of nitrogens with zero attached hydrogens (tertiary/aromatic N) is 3. The second-order valence-corrected chi connectivity index (χ2v) is 17.7. The van der Waals surface area contributed by atoms with Gasteiger partial charge in [-0.15, -0.1) is 0 Å². The lowest BCUT2D eigenvalue weighted by molar-refractivity contribution is -0.435. The van der Waals surface area contributed by atoms with Gasteiger partial charge in [-0.3, -0.25) is 19.7 Å². The Hall–Kier alpha value is -7.10. The molecule has 2 heterocycles. The summed E-state index contributed by atoms with van der Waals surface area (Å²) in [7, 11) is 0. The molecule has 1 aliphatic carbocycles. The number of carbonyl (C=O) groups excluding carboxylic acids is 1. The number of allylic oxidation sites excluding steroid dienone is 9. The highest BCUT2D eigenvalue weighted by Gasteiger charge is 2.54. The molecule has 9 rings (SSSR count). The van der Waals surface area contributed by atoms with E-state index < -0.39 is 16.8 Å². The van der Waals surface area contributed by atoms with E-state index in [0.29, 0.717) is 31.4 Å². The van der Waals surface area contributed by atoms with Gasteiger partial charge in [0, 0.05) is 34.4 Å². The van der Waals surface area contributed by atoms with E-state index in [2.05, 4.69) is 113 Å². The molecule has 3 unspecified atom stereocenters. The smallest absolute Gasteiger partial charge is 0.309 e. The highest BCUT2D eigenvalue weighted by Crippen LogP contribution is 2.57. The quantitative estimate of drug-likeness (QED) is 0.0150. The number of fused-ring (bicyclic) bond motifs is 8. The Bertz CT molecular complexity index is 3090. The van der Waals surface area contributed by atoms with Crippen LogP contribution in [0, 0.1) is 16.0 Å². The molecule has 6 aromatic rings. The van der Waals surface area contributed by atoms with E-state index in [0.717, 1.165) is 85.5 Å². The molecule has 2 aliphatic heterocycles. The van der Waals surface area contributed by atoms with Crippen LogP contribution in [-0.2, 0) is 31.6 Å². The van der Waals surface area contributed by atoms with Crippen molar-refractivity contribution in [2.45, 2.75) is 56.3 Å². The second kappa shape index (κ2) is 18.8. The number of benzene rings is 6. The largest absolute Gasteiger partial charge is 0.481 e. The van der Waals surface area contributed by atoms with Crippen LogP contribution < -0.4 is 4.90 Å². The zero-order valence-electron chi connectivity index (χ0n) is 36.8. The molecule has 6 aromatic carbocycles. The minimum atomic E-state index is -0.888. The van der Waals surface area contributed by atoms with Crippen LogP contribution in [0.25, 0.3) is 32.3 Å². The van der Waals surface area contributed by atoms with Crippen molar-refractivity contribution in [3.8, 4) is 0 Å². The lowest BCUT2D eigenvalue weighted by Gasteiger charge is -2.37. The molecule has 3 aliphatic rings. The Morgan fingerprint density at radius 1 is 0.909 bits per heavy atom. The predicted molar refractivity (Wildman–Crippen MR) is 265 cm³/mol. The van der Waals surface area contributed by atoms with E-state index in [1.54, 1.807) is 17.7 Å². The number of rotatable bonds is 16. The number of anilines is 1. The van der Waals surface area contributed by atoms with Crippen molar-refractivity contribution < 1.29 is 28.9 Å². The number of aliphatic carboxylic acids is 1. The molecule has 0 amide bonds. The third-order valence-corrected chi connectivity index (χ3v) is 14.2. The average molecular weight is 897 g/mol. The molecule has 332 valence electrons.